The van der Waals surface area contributed by atoms with Crippen molar-refractivity contribution < 1.29 is 105 Å². The molecule has 0 saturated heterocycles. The van der Waals surface area contributed by atoms with Crippen LogP contribution < -0.4 is 69.3 Å². The van der Waals surface area contributed by atoms with E-state index in [1.807, 2.05) is 0 Å². The van der Waals surface area contributed by atoms with Gasteiger partial charge in [-0.3, -0.25) is 9.11 Å². The Kier molecular flexibility index (Phi) is 18.3. The van der Waals surface area contributed by atoms with Crippen molar-refractivity contribution in [3.8, 4) is 0 Å². The summed E-state index contributed by atoms with van der Waals surface area (Å²) < 4.78 is 65.5. The number of hydrogen-bond donors (Lipinski definition) is 2. The molecule has 10 nitrogen and oxygen atoms in total. The van der Waals surface area contributed by atoms with Crippen molar-refractivity contribution in [2.75, 3.05) is 0 Å². The molecule has 0 aromatic heterocycles. The average Bonchev–Trinajstić information content (AvgIpc) is 2.65. The summed E-state index contributed by atoms with van der Waals surface area (Å²) in [4.78, 5) is 24.0. The molecule has 34 heavy (non-hydrogen) atoms. The third kappa shape index (κ3) is 9.90. The maximum absolute atomic E-state index is 12.4. The standard InChI is InChI=1S/C20H38O10S2.2Na/c1-5-9-11-19(7-3,31(25,26)27)14-18(17(23)24,13-16(21)22)15-20(8-4,12-10-6-2)32(28,29)30;;/h5-15H2,1-4H3,(H,21,22)(H,23,24)(H,25,26,27)(H,28,29,30);;/q;2*+1/p-2. The van der Waals surface area contributed by atoms with Crippen LogP contribution in [0, 0.1) is 5.41 Å². The van der Waals surface area contributed by atoms with E-state index in [4.69, 9.17) is 0 Å². The summed E-state index contributed by atoms with van der Waals surface area (Å²) in [6.45, 7) is 6.33. The molecule has 0 aliphatic heterocycles. The first-order valence-corrected chi connectivity index (χ1v) is 13.8. The Balaban J connectivity index is -0.00000480. The molecule has 0 aliphatic carbocycles. The second kappa shape index (κ2) is 15.9. The predicted molar refractivity (Wildman–Crippen MR) is 114 cm³/mol. The first kappa shape index (κ1) is 39.3. The van der Waals surface area contributed by atoms with Crippen molar-refractivity contribution in [3.63, 3.8) is 0 Å². The van der Waals surface area contributed by atoms with Crippen LogP contribution in [0.15, 0.2) is 0 Å². The fourth-order valence-electron chi connectivity index (χ4n) is 4.50. The second-order valence-electron chi connectivity index (χ2n) is 8.70. The number of carboxylic acid groups (broad SMARTS) is 2. The van der Waals surface area contributed by atoms with Crippen LogP contribution in [0.4, 0.5) is 0 Å². The SMILES string of the molecule is CCCCC(CC)(CC(CC(=O)[O-])(CC(CC)(CCCC)S(=O)(=O)O)C(=O)[O-])S(=O)(=O)O.[Na+].[Na+]. The topological polar surface area (TPSA) is 189 Å². The molecule has 2 N–H and O–H groups in total. The van der Waals surface area contributed by atoms with E-state index in [0.717, 1.165) is 0 Å². The Morgan fingerprint density at radius 3 is 1.24 bits per heavy atom. The van der Waals surface area contributed by atoms with Gasteiger partial charge >= 0.3 is 59.1 Å². The Morgan fingerprint density at radius 2 is 1.06 bits per heavy atom. The smallest absolute Gasteiger partial charge is 0.550 e. The molecule has 0 aromatic rings. The van der Waals surface area contributed by atoms with Gasteiger partial charge < -0.3 is 19.8 Å². The molecule has 0 saturated carbocycles. The van der Waals surface area contributed by atoms with Gasteiger partial charge in [0.05, 0.1) is 9.49 Å². The quantitative estimate of drug-likeness (QED) is 0.132. The van der Waals surface area contributed by atoms with Gasteiger partial charge in [0, 0.05) is 17.4 Å². The summed E-state index contributed by atoms with van der Waals surface area (Å²) in [5, 5.41) is 24.0. The van der Waals surface area contributed by atoms with Crippen molar-refractivity contribution in [3.05, 3.63) is 0 Å². The normalized spacial score (nSPS) is 17.2. The van der Waals surface area contributed by atoms with Crippen LogP contribution in [0.3, 0.4) is 0 Å². The van der Waals surface area contributed by atoms with Crippen LogP contribution in [0.25, 0.3) is 0 Å². The molecule has 0 radical (unpaired) electrons. The van der Waals surface area contributed by atoms with Crippen LogP contribution in [0.1, 0.15) is 98.3 Å². The zero-order valence-corrected chi connectivity index (χ0v) is 26.9. The summed E-state index contributed by atoms with van der Waals surface area (Å²) in [7, 11) is -9.76. The summed E-state index contributed by atoms with van der Waals surface area (Å²) in [6.07, 6.45) is -2.24. The van der Waals surface area contributed by atoms with E-state index in [-0.39, 0.29) is 97.6 Å². The van der Waals surface area contributed by atoms with Crippen LogP contribution in [-0.2, 0) is 29.8 Å². The minimum absolute atomic E-state index is 0. The van der Waals surface area contributed by atoms with Gasteiger partial charge in [0.2, 0.25) is 0 Å². The minimum Gasteiger partial charge on any atom is -0.550 e. The molecular formula is C20H36Na2O10S2. The number of aliphatic carboxylic acids is 2. The predicted octanol–water partition coefficient (Wildman–Crippen LogP) is -4.90. The molecule has 0 aromatic carbocycles. The van der Waals surface area contributed by atoms with Crippen LogP contribution >= 0.6 is 0 Å². The van der Waals surface area contributed by atoms with Crippen molar-refractivity contribution in [2.24, 2.45) is 5.41 Å². The molecule has 0 rings (SSSR count). The molecule has 0 amide bonds. The van der Waals surface area contributed by atoms with E-state index in [1.165, 1.54) is 13.8 Å². The number of carbonyl (C=O) groups is 2. The molecule has 0 fully saturated rings. The minimum atomic E-state index is -4.88. The molecular weight excluding hydrogens is 510 g/mol. The molecule has 0 spiro atoms. The Labute approximate surface area is 248 Å². The number of carboxylic acids is 2. The van der Waals surface area contributed by atoms with Gasteiger partial charge in [-0.15, -0.1) is 0 Å². The van der Waals surface area contributed by atoms with Crippen LogP contribution in [-0.4, -0.2) is 47.4 Å². The Bertz CT molecular complexity index is 807. The third-order valence-corrected chi connectivity index (χ3v) is 10.1. The van der Waals surface area contributed by atoms with Gasteiger partial charge in [-0.05, 0) is 44.9 Å². The van der Waals surface area contributed by atoms with Crippen molar-refractivity contribution in [2.45, 2.75) is 108 Å². The van der Waals surface area contributed by atoms with Crippen LogP contribution in [0.5, 0.6) is 0 Å². The first-order chi connectivity index (χ1) is 14.5. The van der Waals surface area contributed by atoms with Crippen molar-refractivity contribution in [1.29, 1.82) is 0 Å². The summed E-state index contributed by atoms with van der Waals surface area (Å²) in [6, 6.07) is 0. The zero-order chi connectivity index (χ0) is 25.4. The number of hydrogen-bond acceptors (Lipinski definition) is 8. The van der Waals surface area contributed by atoms with Crippen molar-refractivity contribution >= 4 is 32.2 Å². The van der Waals surface area contributed by atoms with Gasteiger partial charge in [-0.2, -0.15) is 16.8 Å². The second-order valence-corrected chi connectivity index (χ2v) is 12.3. The summed E-state index contributed by atoms with van der Waals surface area (Å²) in [5.74, 6) is -3.82. The summed E-state index contributed by atoms with van der Waals surface area (Å²) in [5.41, 5.74) is -2.53. The molecule has 2 unspecified atom stereocenters. The molecule has 190 valence electrons. The van der Waals surface area contributed by atoms with Gasteiger partial charge in [0.1, 0.15) is 0 Å². The van der Waals surface area contributed by atoms with E-state index in [2.05, 4.69) is 0 Å². The first-order valence-electron chi connectivity index (χ1n) is 10.9. The maximum Gasteiger partial charge on any atom is 1.00 e. The van der Waals surface area contributed by atoms with E-state index in [0.29, 0.717) is 12.8 Å². The van der Waals surface area contributed by atoms with Gasteiger partial charge in [0.25, 0.3) is 20.2 Å². The van der Waals surface area contributed by atoms with E-state index < -0.39 is 66.3 Å². The fraction of sp³-hybridized carbons (Fsp3) is 0.900. The van der Waals surface area contributed by atoms with E-state index >= 15 is 0 Å². The van der Waals surface area contributed by atoms with Gasteiger partial charge in [-0.1, -0.05) is 53.4 Å². The fourth-order valence-corrected chi connectivity index (χ4v) is 6.95. The number of rotatable bonds is 17. The number of carbonyl (C=O) groups excluding carboxylic acids is 2. The molecule has 0 heterocycles. The number of unbranched alkanes of at least 4 members (excludes halogenated alkanes) is 2. The molecule has 0 bridgehead atoms. The molecule has 0 aliphatic rings. The van der Waals surface area contributed by atoms with E-state index in [9.17, 15) is 45.7 Å². The van der Waals surface area contributed by atoms with Gasteiger partial charge in [0.15, 0.2) is 0 Å². The summed E-state index contributed by atoms with van der Waals surface area (Å²) >= 11 is 0. The maximum atomic E-state index is 12.4. The van der Waals surface area contributed by atoms with Crippen LogP contribution in [0.2, 0.25) is 0 Å². The third-order valence-electron chi connectivity index (χ3n) is 6.59. The Hall–Kier alpha value is 0.760. The van der Waals surface area contributed by atoms with E-state index in [1.54, 1.807) is 13.8 Å². The largest absolute Gasteiger partial charge is 1.00 e. The molecule has 2 atom stereocenters. The Morgan fingerprint density at radius 1 is 0.735 bits per heavy atom. The monoisotopic (exact) mass is 546 g/mol. The molecule has 14 heteroatoms. The van der Waals surface area contributed by atoms with Crippen molar-refractivity contribution in [1.82, 2.24) is 0 Å². The average molecular weight is 547 g/mol. The zero-order valence-electron chi connectivity index (χ0n) is 21.3. The van der Waals surface area contributed by atoms with Gasteiger partial charge in [-0.25, -0.2) is 0 Å².